The molecule has 0 aliphatic heterocycles. The molecule has 0 saturated carbocycles. The number of nitrogens with zero attached hydrogens (tertiary/aromatic N) is 2. The van der Waals surface area contributed by atoms with Crippen molar-refractivity contribution in [3.8, 4) is 6.07 Å². The van der Waals surface area contributed by atoms with Crippen LogP contribution in [-0.4, -0.2) is 10.9 Å². The fourth-order valence-corrected chi connectivity index (χ4v) is 3.10. The normalized spacial score (nSPS) is 10.5. The molecule has 25 heavy (non-hydrogen) atoms. The Morgan fingerprint density at radius 2 is 2.00 bits per heavy atom. The summed E-state index contributed by atoms with van der Waals surface area (Å²) in [5.41, 5.74) is 4.72. The molecule has 0 saturated heterocycles. The molecule has 0 aliphatic rings. The van der Waals surface area contributed by atoms with Crippen LogP contribution in [0, 0.1) is 25.2 Å². The number of carbonyl (C=O) groups is 1. The summed E-state index contributed by atoms with van der Waals surface area (Å²) in [7, 11) is 0. The fourth-order valence-electron chi connectivity index (χ4n) is 2.88. The lowest BCUT2D eigenvalue weighted by Crippen LogP contribution is -2.16. The van der Waals surface area contributed by atoms with Crippen LogP contribution in [0.2, 0.25) is 5.02 Å². The maximum Gasteiger partial charge on any atom is 0.228 e. The Kier molecular flexibility index (Phi) is 4.69. The number of benzene rings is 2. The van der Waals surface area contributed by atoms with Gasteiger partial charge in [0.05, 0.1) is 22.5 Å². The van der Waals surface area contributed by atoms with Crippen LogP contribution in [0.25, 0.3) is 10.9 Å². The first-order valence-electron chi connectivity index (χ1n) is 7.84. The number of aromatic nitrogens is 1. The lowest BCUT2D eigenvalue weighted by molar-refractivity contribution is -0.115. The zero-order chi connectivity index (χ0) is 18.0. The van der Waals surface area contributed by atoms with E-state index < -0.39 is 0 Å². The number of hydrogen-bond donors (Lipinski definition) is 1. The van der Waals surface area contributed by atoms with Gasteiger partial charge in [-0.25, -0.2) is 0 Å². The number of carbonyl (C=O) groups excluding carboxylic acids is 1. The molecule has 0 bridgehead atoms. The van der Waals surface area contributed by atoms with E-state index in [4.69, 9.17) is 16.9 Å². The summed E-state index contributed by atoms with van der Waals surface area (Å²) in [4.78, 5) is 17.0. The van der Waals surface area contributed by atoms with Crippen molar-refractivity contribution in [1.29, 1.82) is 5.26 Å². The van der Waals surface area contributed by atoms with Gasteiger partial charge in [0.25, 0.3) is 0 Å². The zero-order valence-electron chi connectivity index (χ0n) is 13.9. The van der Waals surface area contributed by atoms with Gasteiger partial charge in [0.15, 0.2) is 0 Å². The van der Waals surface area contributed by atoms with Gasteiger partial charge in [0.2, 0.25) is 5.91 Å². The molecule has 4 nitrogen and oxygen atoms in total. The number of rotatable bonds is 3. The average molecular weight is 350 g/mol. The number of nitrogens with one attached hydrogen (secondary N) is 1. The first kappa shape index (κ1) is 16.9. The van der Waals surface area contributed by atoms with E-state index in [9.17, 15) is 4.79 Å². The molecule has 0 spiro atoms. The lowest BCUT2D eigenvalue weighted by atomic mass is 9.99. The molecule has 124 valence electrons. The molecule has 1 aromatic heterocycles. The highest BCUT2D eigenvalue weighted by molar-refractivity contribution is 6.32. The summed E-state index contributed by atoms with van der Waals surface area (Å²) in [6, 6.07) is 14.7. The van der Waals surface area contributed by atoms with E-state index in [0.29, 0.717) is 16.3 Å². The maximum absolute atomic E-state index is 12.4. The molecule has 0 radical (unpaired) electrons. The molecule has 1 amide bonds. The smallest absolute Gasteiger partial charge is 0.228 e. The molecule has 0 fully saturated rings. The number of fused-ring (bicyclic) bond motifs is 1. The van der Waals surface area contributed by atoms with Gasteiger partial charge >= 0.3 is 0 Å². The second-order valence-electron chi connectivity index (χ2n) is 5.85. The van der Waals surface area contributed by atoms with Gasteiger partial charge < -0.3 is 5.32 Å². The minimum atomic E-state index is -0.149. The van der Waals surface area contributed by atoms with Crippen LogP contribution in [0.4, 0.5) is 5.69 Å². The number of amides is 1. The van der Waals surface area contributed by atoms with Crippen molar-refractivity contribution in [2.75, 3.05) is 5.32 Å². The highest BCUT2D eigenvalue weighted by Gasteiger charge is 2.13. The summed E-state index contributed by atoms with van der Waals surface area (Å²) >= 11 is 6.01. The molecule has 3 rings (SSSR count). The summed E-state index contributed by atoms with van der Waals surface area (Å²) < 4.78 is 0. The average Bonchev–Trinajstić information content (AvgIpc) is 2.59. The van der Waals surface area contributed by atoms with E-state index in [2.05, 4.69) is 10.3 Å². The molecule has 0 atom stereocenters. The molecule has 1 heterocycles. The van der Waals surface area contributed by atoms with Gasteiger partial charge in [0, 0.05) is 16.8 Å². The molecule has 0 aliphatic carbocycles. The van der Waals surface area contributed by atoms with E-state index in [1.807, 2.05) is 44.2 Å². The highest BCUT2D eigenvalue weighted by atomic mass is 35.5. The van der Waals surface area contributed by atoms with Crippen LogP contribution in [0.3, 0.4) is 0 Å². The molecule has 3 aromatic rings. The van der Waals surface area contributed by atoms with Crippen molar-refractivity contribution in [1.82, 2.24) is 4.98 Å². The Bertz CT molecular complexity index is 1020. The van der Waals surface area contributed by atoms with Gasteiger partial charge in [-0.1, -0.05) is 29.8 Å². The third kappa shape index (κ3) is 3.47. The number of nitriles is 1. The Balaban J connectivity index is 1.85. The molecular formula is C20H16ClN3O. The van der Waals surface area contributed by atoms with Crippen molar-refractivity contribution in [2.45, 2.75) is 20.3 Å². The fraction of sp³-hybridized carbons (Fsp3) is 0.150. The van der Waals surface area contributed by atoms with Gasteiger partial charge in [-0.05, 0) is 49.2 Å². The van der Waals surface area contributed by atoms with E-state index >= 15 is 0 Å². The number of anilines is 1. The van der Waals surface area contributed by atoms with Gasteiger partial charge in [-0.15, -0.1) is 0 Å². The van der Waals surface area contributed by atoms with Gasteiger partial charge in [-0.2, -0.15) is 5.26 Å². The van der Waals surface area contributed by atoms with Crippen LogP contribution in [0.15, 0.2) is 42.5 Å². The highest BCUT2D eigenvalue weighted by Crippen LogP contribution is 2.24. The van der Waals surface area contributed by atoms with Crippen LogP contribution in [0.1, 0.15) is 22.4 Å². The quantitative estimate of drug-likeness (QED) is 0.753. The minimum absolute atomic E-state index is 0.149. The third-order valence-electron chi connectivity index (χ3n) is 4.20. The second-order valence-corrected chi connectivity index (χ2v) is 6.26. The van der Waals surface area contributed by atoms with E-state index in [0.717, 1.165) is 27.7 Å². The van der Waals surface area contributed by atoms with Crippen molar-refractivity contribution >= 4 is 34.1 Å². The summed E-state index contributed by atoms with van der Waals surface area (Å²) in [5, 5.41) is 13.1. The SMILES string of the molecule is Cc1nc2ccccc2c(C)c1CC(=O)Nc1ccc(C#N)c(Cl)c1. The largest absolute Gasteiger partial charge is 0.326 e. The van der Waals surface area contributed by atoms with Crippen molar-refractivity contribution in [3.63, 3.8) is 0 Å². The first-order valence-corrected chi connectivity index (χ1v) is 8.21. The third-order valence-corrected chi connectivity index (χ3v) is 4.51. The topological polar surface area (TPSA) is 65.8 Å². The minimum Gasteiger partial charge on any atom is -0.326 e. The second kappa shape index (κ2) is 6.92. The number of halogens is 1. The number of hydrogen-bond acceptors (Lipinski definition) is 3. The Morgan fingerprint density at radius 3 is 2.72 bits per heavy atom. The van der Waals surface area contributed by atoms with E-state index in [1.54, 1.807) is 18.2 Å². The van der Waals surface area contributed by atoms with Gasteiger partial charge in [0.1, 0.15) is 6.07 Å². The molecule has 2 aromatic carbocycles. The predicted octanol–water partition coefficient (Wildman–Crippen LogP) is 4.56. The maximum atomic E-state index is 12.4. The number of aryl methyl sites for hydroxylation is 2. The van der Waals surface area contributed by atoms with Crippen molar-refractivity contribution < 1.29 is 4.79 Å². The summed E-state index contributed by atoms with van der Waals surface area (Å²) in [6.45, 7) is 3.93. The van der Waals surface area contributed by atoms with Crippen LogP contribution < -0.4 is 5.32 Å². The van der Waals surface area contributed by atoms with Crippen LogP contribution in [0.5, 0.6) is 0 Å². The summed E-state index contributed by atoms with van der Waals surface area (Å²) in [5.74, 6) is -0.149. The predicted molar refractivity (Wildman–Crippen MR) is 99.7 cm³/mol. The van der Waals surface area contributed by atoms with Gasteiger partial charge in [-0.3, -0.25) is 9.78 Å². The monoisotopic (exact) mass is 349 g/mol. The Labute approximate surface area is 151 Å². The molecular weight excluding hydrogens is 334 g/mol. The number of para-hydroxylation sites is 1. The van der Waals surface area contributed by atoms with Crippen LogP contribution >= 0.6 is 11.6 Å². The Hall–Kier alpha value is -2.90. The molecule has 5 heteroatoms. The zero-order valence-corrected chi connectivity index (χ0v) is 14.7. The standard InChI is InChI=1S/C20H16ClN3O/c1-12-16-5-3-4-6-19(16)23-13(2)17(12)10-20(25)24-15-8-7-14(11-22)18(21)9-15/h3-9H,10H2,1-2H3,(H,24,25). The molecule has 1 N–H and O–H groups in total. The van der Waals surface area contributed by atoms with Crippen molar-refractivity contribution in [3.05, 3.63) is 69.9 Å². The summed E-state index contributed by atoms with van der Waals surface area (Å²) in [6.07, 6.45) is 0.229. The van der Waals surface area contributed by atoms with E-state index in [-0.39, 0.29) is 12.3 Å². The Morgan fingerprint density at radius 1 is 1.24 bits per heavy atom. The first-order chi connectivity index (χ1) is 12.0. The van der Waals surface area contributed by atoms with Crippen molar-refractivity contribution in [2.24, 2.45) is 0 Å². The van der Waals surface area contributed by atoms with Crippen LogP contribution in [-0.2, 0) is 11.2 Å². The van der Waals surface area contributed by atoms with E-state index in [1.165, 1.54) is 0 Å². The number of pyridine rings is 1. The molecule has 0 unspecified atom stereocenters. The lowest BCUT2D eigenvalue weighted by Gasteiger charge is -2.13.